The Morgan fingerprint density at radius 3 is 2.56 bits per heavy atom. The van der Waals surface area contributed by atoms with Crippen LogP contribution in [0.25, 0.3) is 6.08 Å². The highest BCUT2D eigenvalue weighted by atomic mass is 79.9. The number of aryl methyl sites for hydroxylation is 2. The smallest absolute Gasteiger partial charge is 0.0247 e. The Labute approximate surface area is 120 Å². The maximum Gasteiger partial charge on any atom is 0.0247 e. The van der Waals surface area contributed by atoms with Gasteiger partial charge in [0.2, 0.25) is 0 Å². The van der Waals surface area contributed by atoms with Crippen molar-refractivity contribution in [2.75, 3.05) is 5.33 Å². The molecule has 0 heterocycles. The van der Waals surface area contributed by atoms with Gasteiger partial charge in [-0.3, -0.25) is 0 Å². The van der Waals surface area contributed by atoms with Gasteiger partial charge in [-0.05, 0) is 43.7 Å². The molecule has 18 heavy (non-hydrogen) atoms. The van der Waals surface area contributed by atoms with E-state index in [2.05, 4.69) is 54.1 Å². The fraction of sp³-hybridized carbons (Fsp3) is 0.529. The molecule has 1 aliphatic carbocycles. The van der Waals surface area contributed by atoms with Crippen LogP contribution in [0.3, 0.4) is 0 Å². The molecular weight excluding hydrogens is 284 g/mol. The van der Waals surface area contributed by atoms with Crippen LogP contribution >= 0.6 is 15.9 Å². The molecule has 1 aromatic carbocycles. The monoisotopic (exact) mass is 306 g/mol. The predicted octanol–water partition coefficient (Wildman–Crippen LogP) is 5.66. The summed E-state index contributed by atoms with van der Waals surface area (Å²) in [5.41, 5.74) is 5.72. The molecule has 1 aromatic rings. The highest BCUT2D eigenvalue weighted by molar-refractivity contribution is 9.09. The van der Waals surface area contributed by atoms with Gasteiger partial charge < -0.3 is 0 Å². The molecule has 0 amide bonds. The number of allylic oxidation sites excluding steroid dienone is 1. The van der Waals surface area contributed by atoms with Crippen molar-refractivity contribution in [3.8, 4) is 0 Å². The van der Waals surface area contributed by atoms with Crippen LogP contribution in [0.4, 0.5) is 0 Å². The lowest BCUT2D eigenvalue weighted by Gasteiger charge is -2.23. The fourth-order valence-electron chi connectivity index (χ4n) is 2.93. The molecule has 0 saturated heterocycles. The molecule has 0 atom stereocenters. The summed E-state index contributed by atoms with van der Waals surface area (Å²) in [5.74, 6) is 0.804. The zero-order valence-corrected chi connectivity index (χ0v) is 13.1. The maximum absolute atomic E-state index is 3.68. The number of halogens is 1. The molecule has 0 N–H and O–H groups in total. The number of hydrogen-bond acceptors (Lipinski definition) is 0. The molecular formula is C17H23Br. The van der Waals surface area contributed by atoms with Gasteiger partial charge in [0.1, 0.15) is 0 Å². The van der Waals surface area contributed by atoms with Gasteiger partial charge in [-0.1, -0.05) is 70.6 Å². The van der Waals surface area contributed by atoms with Crippen molar-refractivity contribution in [2.45, 2.75) is 46.0 Å². The summed E-state index contributed by atoms with van der Waals surface area (Å²) >= 11 is 3.68. The van der Waals surface area contributed by atoms with Crippen molar-refractivity contribution >= 4 is 22.0 Å². The number of rotatable bonds is 3. The van der Waals surface area contributed by atoms with Crippen molar-refractivity contribution in [3.05, 3.63) is 40.5 Å². The largest absolute Gasteiger partial charge is 0.0880 e. The van der Waals surface area contributed by atoms with E-state index >= 15 is 0 Å². The summed E-state index contributed by atoms with van der Waals surface area (Å²) in [4.78, 5) is 0. The molecule has 1 fully saturated rings. The van der Waals surface area contributed by atoms with Gasteiger partial charge in [-0.25, -0.2) is 0 Å². The van der Waals surface area contributed by atoms with Crippen LogP contribution in [0.15, 0.2) is 23.8 Å². The van der Waals surface area contributed by atoms with E-state index in [0.29, 0.717) is 0 Å². The van der Waals surface area contributed by atoms with Gasteiger partial charge >= 0.3 is 0 Å². The Kier molecular flexibility index (Phi) is 5.05. The van der Waals surface area contributed by atoms with Gasteiger partial charge in [0.15, 0.2) is 0 Å². The first-order chi connectivity index (χ1) is 8.70. The minimum Gasteiger partial charge on any atom is -0.0880 e. The van der Waals surface area contributed by atoms with Crippen LogP contribution in [0.1, 0.15) is 48.8 Å². The van der Waals surface area contributed by atoms with Crippen molar-refractivity contribution < 1.29 is 0 Å². The van der Waals surface area contributed by atoms with E-state index < -0.39 is 0 Å². The van der Waals surface area contributed by atoms with Crippen LogP contribution in [-0.4, -0.2) is 5.33 Å². The summed E-state index contributed by atoms with van der Waals surface area (Å²) in [6, 6.07) is 6.75. The number of alkyl halides is 1. The van der Waals surface area contributed by atoms with E-state index in [1.165, 1.54) is 48.8 Å². The lowest BCUT2D eigenvalue weighted by atomic mass is 9.83. The Bertz CT molecular complexity index is 425. The minimum atomic E-state index is 0.804. The first-order valence-corrected chi connectivity index (χ1v) is 8.16. The first kappa shape index (κ1) is 13.9. The molecule has 0 aromatic heterocycles. The molecule has 0 aliphatic heterocycles. The molecule has 2 rings (SSSR count). The average Bonchev–Trinajstić information content (AvgIpc) is 2.39. The summed E-state index contributed by atoms with van der Waals surface area (Å²) in [5, 5.41) is 1.02. The Balaban J connectivity index is 2.22. The topological polar surface area (TPSA) is 0 Å². The van der Waals surface area contributed by atoms with E-state index in [9.17, 15) is 0 Å². The van der Waals surface area contributed by atoms with Crippen LogP contribution in [0, 0.1) is 19.8 Å². The quantitative estimate of drug-likeness (QED) is 0.632. The van der Waals surface area contributed by atoms with Crippen molar-refractivity contribution in [1.82, 2.24) is 0 Å². The van der Waals surface area contributed by atoms with Gasteiger partial charge in [0.25, 0.3) is 0 Å². The van der Waals surface area contributed by atoms with E-state index in [4.69, 9.17) is 0 Å². The van der Waals surface area contributed by atoms with Gasteiger partial charge in [-0.2, -0.15) is 0 Å². The zero-order chi connectivity index (χ0) is 13.0. The molecule has 1 heteroatoms. The van der Waals surface area contributed by atoms with E-state index in [1.54, 1.807) is 5.57 Å². The number of benzene rings is 1. The highest BCUT2D eigenvalue weighted by Gasteiger charge is 2.17. The Morgan fingerprint density at radius 2 is 1.94 bits per heavy atom. The molecule has 0 radical (unpaired) electrons. The summed E-state index contributed by atoms with van der Waals surface area (Å²) < 4.78 is 0. The zero-order valence-electron chi connectivity index (χ0n) is 11.5. The van der Waals surface area contributed by atoms with Crippen LogP contribution < -0.4 is 0 Å². The maximum atomic E-state index is 3.68. The van der Waals surface area contributed by atoms with Gasteiger partial charge in [0.05, 0.1) is 0 Å². The van der Waals surface area contributed by atoms with Crippen molar-refractivity contribution in [3.63, 3.8) is 0 Å². The molecule has 98 valence electrons. The second-order valence-electron chi connectivity index (χ2n) is 5.55. The van der Waals surface area contributed by atoms with Crippen molar-refractivity contribution in [1.29, 1.82) is 0 Å². The molecule has 0 bridgehead atoms. The van der Waals surface area contributed by atoms with Crippen LogP contribution in [-0.2, 0) is 0 Å². The fourth-order valence-corrected chi connectivity index (χ4v) is 3.55. The third kappa shape index (κ3) is 3.47. The normalized spacial score (nSPS) is 18.1. The summed E-state index contributed by atoms with van der Waals surface area (Å²) in [6.07, 6.45) is 9.41. The number of hydrogen-bond donors (Lipinski definition) is 0. The Morgan fingerprint density at radius 1 is 1.22 bits per heavy atom. The molecule has 0 unspecified atom stereocenters. The van der Waals surface area contributed by atoms with E-state index in [-0.39, 0.29) is 0 Å². The Hall–Kier alpha value is -0.560. The standard InChI is InChI=1S/C17H23Br/c1-13-8-9-16(14(2)10-13)11-17(12-18)15-6-4-3-5-7-15/h8-11,15H,3-7,12H2,1-2H3. The lowest BCUT2D eigenvalue weighted by molar-refractivity contribution is 0.405. The summed E-state index contributed by atoms with van der Waals surface area (Å²) in [6.45, 7) is 4.37. The third-order valence-electron chi connectivity index (χ3n) is 4.05. The third-order valence-corrected chi connectivity index (χ3v) is 4.70. The second-order valence-corrected chi connectivity index (χ2v) is 6.11. The lowest BCUT2D eigenvalue weighted by Crippen LogP contribution is -2.10. The first-order valence-electron chi connectivity index (χ1n) is 7.04. The second kappa shape index (κ2) is 6.56. The summed E-state index contributed by atoms with van der Waals surface area (Å²) in [7, 11) is 0. The van der Waals surface area contributed by atoms with E-state index in [0.717, 1.165) is 11.2 Å². The van der Waals surface area contributed by atoms with Crippen LogP contribution in [0.5, 0.6) is 0 Å². The van der Waals surface area contributed by atoms with Crippen molar-refractivity contribution in [2.24, 2.45) is 5.92 Å². The predicted molar refractivity (Wildman–Crippen MR) is 84.3 cm³/mol. The minimum absolute atomic E-state index is 0.804. The molecule has 1 aliphatic rings. The molecule has 0 spiro atoms. The molecule has 1 saturated carbocycles. The SMILES string of the molecule is Cc1ccc(C=C(CBr)C2CCCCC2)c(C)c1. The van der Waals surface area contributed by atoms with E-state index in [1.807, 2.05) is 0 Å². The van der Waals surface area contributed by atoms with Gasteiger partial charge in [-0.15, -0.1) is 0 Å². The molecule has 0 nitrogen and oxygen atoms in total. The van der Waals surface area contributed by atoms with Gasteiger partial charge in [0, 0.05) is 5.33 Å². The van der Waals surface area contributed by atoms with Crippen LogP contribution in [0.2, 0.25) is 0 Å². The highest BCUT2D eigenvalue weighted by Crippen LogP contribution is 2.32. The average molecular weight is 307 g/mol.